The first-order valence-electron chi connectivity index (χ1n) is 11.3. The van der Waals surface area contributed by atoms with Gasteiger partial charge in [0.05, 0.1) is 26.3 Å². The number of carbonyl (C=O) groups is 2. The summed E-state index contributed by atoms with van der Waals surface area (Å²) in [7, 11) is 4.75. The number of nitrogens with zero attached hydrogens (tertiary/aromatic N) is 3. The fourth-order valence-corrected chi connectivity index (χ4v) is 3.96. The Balaban J connectivity index is 2.04. The normalized spacial score (nSPS) is 18.9. The van der Waals surface area contributed by atoms with E-state index in [2.05, 4.69) is 4.98 Å². The summed E-state index contributed by atoms with van der Waals surface area (Å²) in [5.41, 5.74) is 1.81. The van der Waals surface area contributed by atoms with Gasteiger partial charge in [0.1, 0.15) is 24.0 Å². The predicted octanol–water partition coefficient (Wildman–Crippen LogP) is 2.08. The summed E-state index contributed by atoms with van der Waals surface area (Å²) in [5, 5.41) is 9.82. The van der Waals surface area contributed by atoms with Crippen LogP contribution in [-0.4, -0.2) is 91.4 Å². The van der Waals surface area contributed by atoms with Crippen LogP contribution >= 0.6 is 0 Å². The molecule has 2 amide bonds. The molecule has 1 aromatic carbocycles. The van der Waals surface area contributed by atoms with Crippen LogP contribution in [0.3, 0.4) is 0 Å². The van der Waals surface area contributed by atoms with Crippen molar-refractivity contribution in [2.45, 2.75) is 26.0 Å². The van der Waals surface area contributed by atoms with Gasteiger partial charge in [-0.15, -0.1) is 0 Å². The Morgan fingerprint density at radius 2 is 2.06 bits per heavy atom. The summed E-state index contributed by atoms with van der Waals surface area (Å²) in [6.45, 7) is 4.21. The maximum atomic E-state index is 13.6. The average Bonchev–Trinajstić information content (AvgIpc) is 2.85. The third-order valence-corrected chi connectivity index (χ3v) is 6.09. The molecule has 1 aliphatic rings. The second-order valence-electron chi connectivity index (χ2n) is 8.61. The molecule has 2 aromatic rings. The topological polar surface area (TPSA) is 101 Å². The Morgan fingerprint density at radius 3 is 2.74 bits per heavy atom. The molecular formula is C25H33N3O6. The number of amides is 2. The van der Waals surface area contributed by atoms with E-state index in [1.54, 1.807) is 43.1 Å². The largest absolute Gasteiger partial charge is 0.496 e. The third-order valence-electron chi connectivity index (χ3n) is 6.09. The smallest absolute Gasteiger partial charge is 0.259 e. The van der Waals surface area contributed by atoms with Gasteiger partial charge in [0.25, 0.3) is 5.91 Å². The molecule has 1 aliphatic heterocycles. The van der Waals surface area contributed by atoms with Gasteiger partial charge in [0, 0.05) is 43.9 Å². The van der Waals surface area contributed by atoms with Crippen LogP contribution in [0.1, 0.15) is 24.2 Å². The van der Waals surface area contributed by atoms with Crippen LogP contribution in [0, 0.1) is 5.92 Å². The summed E-state index contributed by atoms with van der Waals surface area (Å²) in [5.74, 6) is 0.294. The molecule has 0 spiro atoms. The van der Waals surface area contributed by atoms with Gasteiger partial charge in [-0.05, 0) is 19.1 Å². The van der Waals surface area contributed by atoms with Gasteiger partial charge >= 0.3 is 0 Å². The summed E-state index contributed by atoms with van der Waals surface area (Å²) in [6.07, 6.45) is 1.23. The predicted molar refractivity (Wildman–Crippen MR) is 127 cm³/mol. The highest BCUT2D eigenvalue weighted by Gasteiger charge is 2.34. The molecule has 0 saturated carbocycles. The molecule has 34 heavy (non-hydrogen) atoms. The first kappa shape index (κ1) is 25.5. The van der Waals surface area contributed by atoms with Crippen molar-refractivity contribution < 1.29 is 28.9 Å². The maximum Gasteiger partial charge on any atom is 0.259 e. The highest BCUT2D eigenvalue weighted by atomic mass is 16.5. The Morgan fingerprint density at radius 1 is 1.32 bits per heavy atom. The minimum Gasteiger partial charge on any atom is -0.496 e. The van der Waals surface area contributed by atoms with Crippen molar-refractivity contribution in [1.29, 1.82) is 0 Å². The number of benzene rings is 1. The lowest BCUT2D eigenvalue weighted by molar-refractivity contribution is -0.135. The monoisotopic (exact) mass is 471 g/mol. The van der Waals surface area contributed by atoms with E-state index in [1.165, 1.54) is 7.11 Å². The molecule has 184 valence electrons. The van der Waals surface area contributed by atoms with Crippen LogP contribution in [-0.2, 0) is 9.53 Å². The van der Waals surface area contributed by atoms with Crippen molar-refractivity contribution in [3.63, 3.8) is 0 Å². The number of rotatable bonds is 8. The number of hydrogen-bond acceptors (Lipinski definition) is 7. The number of aliphatic hydroxyl groups excluding tert-OH is 1. The van der Waals surface area contributed by atoms with Crippen LogP contribution in [0.4, 0.5) is 0 Å². The Hall–Kier alpha value is -3.17. The number of pyridine rings is 1. The van der Waals surface area contributed by atoms with Gasteiger partial charge < -0.3 is 29.1 Å². The average molecular weight is 472 g/mol. The molecule has 3 atom stereocenters. The van der Waals surface area contributed by atoms with E-state index in [1.807, 2.05) is 31.2 Å². The quantitative estimate of drug-likeness (QED) is 0.629. The number of aliphatic hydroxyl groups is 1. The molecule has 0 aliphatic carbocycles. The third kappa shape index (κ3) is 5.48. The first-order valence-corrected chi connectivity index (χ1v) is 11.3. The summed E-state index contributed by atoms with van der Waals surface area (Å²) < 4.78 is 16.7. The molecule has 0 fully saturated rings. The fraction of sp³-hybridized carbons (Fsp3) is 0.480. The molecular weight excluding hydrogens is 438 g/mol. The first-order chi connectivity index (χ1) is 16.3. The van der Waals surface area contributed by atoms with Crippen LogP contribution in [0.5, 0.6) is 11.6 Å². The highest BCUT2D eigenvalue weighted by molar-refractivity contribution is 5.98. The van der Waals surface area contributed by atoms with E-state index in [-0.39, 0.29) is 36.8 Å². The molecule has 0 unspecified atom stereocenters. The van der Waals surface area contributed by atoms with Gasteiger partial charge in [0.15, 0.2) is 0 Å². The SMILES string of the molecule is COCC(=O)N(C)C[C@H]1Oc2ncc(-c3ccccc3OC)cc2C(=O)N([C@H](C)CO)C[C@@H]1C. The van der Waals surface area contributed by atoms with Crippen molar-refractivity contribution in [3.8, 4) is 22.8 Å². The standard InChI is InChI=1S/C25H33N3O6/c1-16-12-28(17(2)14-29)25(31)20-10-18(19-8-6-7-9-21(19)33-5)11-26-24(20)34-22(16)13-27(3)23(30)15-32-4/h6-11,16-17,22,29H,12-15H2,1-5H3/t16-,17+,22+/m0/s1. The van der Waals surface area contributed by atoms with Gasteiger partial charge in [-0.3, -0.25) is 9.59 Å². The second kappa shape index (κ2) is 11.3. The minimum absolute atomic E-state index is 0.0269. The molecule has 0 saturated heterocycles. The molecule has 0 bridgehead atoms. The maximum absolute atomic E-state index is 13.6. The molecule has 9 nitrogen and oxygen atoms in total. The van der Waals surface area contributed by atoms with Gasteiger partial charge in [0.2, 0.25) is 11.8 Å². The Kier molecular flexibility index (Phi) is 8.46. The zero-order valence-electron chi connectivity index (χ0n) is 20.4. The number of carbonyl (C=O) groups excluding carboxylic acids is 2. The van der Waals surface area contributed by atoms with E-state index in [9.17, 15) is 14.7 Å². The van der Waals surface area contributed by atoms with E-state index in [0.717, 1.165) is 5.56 Å². The molecule has 2 heterocycles. The minimum atomic E-state index is -0.421. The lowest BCUT2D eigenvalue weighted by atomic mass is 9.99. The van der Waals surface area contributed by atoms with E-state index >= 15 is 0 Å². The van der Waals surface area contributed by atoms with Crippen molar-refractivity contribution >= 4 is 11.8 Å². The van der Waals surface area contributed by atoms with Crippen LogP contribution < -0.4 is 9.47 Å². The van der Waals surface area contributed by atoms with Gasteiger partial charge in [-0.25, -0.2) is 4.98 Å². The van der Waals surface area contributed by atoms with Crippen LogP contribution in [0.15, 0.2) is 36.5 Å². The highest BCUT2D eigenvalue weighted by Crippen LogP contribution is 2.34. The van der Waals surface area contributed by atoms with Crippen LogP contribution in [0.25, 0.3) is 11.1 Å². The Bertz CT molecular complexity index is 1010. The molecule has 1 N–H and O–H groups in total. The van der Waals surface area contributed by atoms with E-state index in [0.29, 0.717) is 30.0 Å². The van der Waals surface area contributed by atoms with Crippen LogP contribution in [0.2, 0.25) is 0 Å². The summed E-state index contributed by atoms with van der Waals surface area (Å²) in [6, 6.07) is 8.84. The van der Waals surface area contributed by atoms with Crippen molar-refractivity contribution in [2.75, 3.05) is 47.6 Å². The number of likely N-dealkylation sites (N-methyl/N-ethyl adjacent to an activating group) is 1. The second-order valence-corrected chi connectivity index (χ2v) is 8.61. The van der Waals surface area contributed by atoms with Gasteiger partial charge in [-0.1, -0.05) is 25.1 Å². The zero-order valence-corrected chi connectivity index (χ0v) is 20.4. The lowest BCUT2D eigenvalue weighted by Crippen LogP contribution is -2.50. The lowest BCUT2D eigenvalue weighted by Gasteiger charge is -2.37. The number of aromatic nitrogens is 1. The fourth-order valence-electron chi connectivity index (χ4n) is 3.96. The van der Waals surface area contributed by atoms with Gasteiger partial charge in [-0.2, -0.15) is 0 Å². The summed E-state index contributed by atoms with van der Waals surface area (Å²) >= 11 is 0. The number of hydrogen-bond donors (Lipinski definition) is 1. The number of methoxy groups -OCH3 is 2. The summed E-state index contributed by atoms with van der Waals surface area (Å²) in [4.78, 5) is 33.5. The van der Waals surface area contributed by atoms with E-state index in [4.69, 9.17) is 14.2 Å². The molecule has 3 rings (SSSR count). The molecule has 9 heteroatoms. The molecule has 0 radical (unpaired) electrons. The number of para-hydroxylation sites is 1. The Labute approximate surface area is 200 Å². The number of ether oxygens (including phenoxy) is 3. The zero-order chi connectivity index (χ0) is 24.8. The van der Waals surface area contributed by atoms with Crippen molar-refractivity contribution in [2.24, 2.45) is 5.92 Å². The van der Waals surface area contributed by atoms with E-state index < -0.39 is 12.1 Å². The molecule has 1 aromatic heterocycles. The van der Waals surface area contributed by atoms with Crippen molar-refractivity contribution in [1.82, 2.24) is 14.8 Å². The number of fused-ring (bicyclic) bond motifs is 1. The van der Waals surface area contributed by atoms with Crippen molar-refractivity contribution in [3.05, 3.63) is 42.1 Å².